The van der Waals surface area contributed by atoms with E-state index in [1.807, 2.05) is 108 Å². The third-order valence-corrected chi connectivity index (χ3v) is 20.8. The molecular weight excluding hydrogens is 2300 g/mol. The minimum Gasteiger partial charge on any atom is -0.399 e. The fourth-order valence-electron chi connectivity index (χ4n) is 10.5. The second-order valence-corrected chi connectivity index (χ2v) is 34.8. The van der Waals surface area contributed by atoms with Gasteiger partial charge in [-0.2, -0.15) is 36.3 Å². The molecule has 22 N–H and O–H groups in total. The lowest BCUT2D eigenvalue weighted by molar-refractivity contribution is -0.00231. The Balaban J connectivity index is 0.000000315. The van der Waals surface area contributed by atoms with E-state index in [0.717, 1.165) is 46.4 Å². The number of aromatic nitrogens is 22. The Kier molecular flexibility index (Phi) is 48.3. The van der Waals surface area contributed by atoms with Crippen molar-refractivity contribution in [1.29, 1.82) is 21.0 Å². The lowest BCUT2D eigenvalue weighted by atomic mass is 9.79. The summed E-state index contributed by atoms with van der Waals surface area (Å²) in [5, 5.41) is 76.2. The number of H-pyrrole nitrogens is 3. The predicted molar refractivity (Wildman–Crippen MR) is 550 cm³/mol. The molecule has 144 heavy (non-hydrogen) atoms. The predicted octanol–water partition coefficient (Wildman–Crippen LogP) is 15.0. The number of alkyl halides is 1. The Bertz CT molecular complexity index is 6860. The SMILES string of the molecule is CC.CC(C)(C)ON=O.CCO.C[C@H](NC(=O)c1nc(C#N)cnc1NCc1ccc(-c2cnc3n[nH]c(N)c3n2)cc1)c1ccc(F)c(F)c1.C[C@H](NC(=O)c1nc(C#N)cnc1NCc1ccc(B2OC(C)(C)C(C)(C)O2)cc1)c1ccc(F)c(F)c1.N#Cc1nc(Br)cnc1Cl.N#Cc1nc(Br)cnc1N.NN.Nc1[nH]nc2ncc(Br)nc12.Nc1[nH]nc2ncc(Br)nc12.Nc1ncc(Br)nc1Br.[2H]CF. The van der Waals surface area contributed by atoms with Gasteiger partial charge in [-0.25, -0.2) is 97.3 Å². The molecule has 754 valence electrons. The zero-order chi connectivity index (χ0) is 108. The first kappa shape index (κ1) is 118. The van der Waals surface area contributed by atoms with Crippen LogP contribution in [0.25, 0.3) is 44.7 Å². The molecule has 0 saturated carbocycles. The first-order valence-electron chi connectivity index (χ1n) is 41.8. The van der Waals surface area contributed by atoms with Crippen LogP contribution in [-0.2, 0) is 27.2 Å². The number of fused-ring (bicyclic) bond motifs is 3. The Hall–Kier alpha value is -14.5. The highest BCUT2D eigenvalue weighted by Crippen LogP contribution is 2.37. The molecule has 1 saturated heterocycles. The van der Waals surface area contributed by atoms with Crippen LogP contribution in [0.3, 0.4) is 0 Å². The Morgan fingerprint density at radius 2 is 0.910 bits per heavy atom. The summed E-state index contributed by atoms with van der Waals surface area (Å²) < 4.78 is 85.1. The molecule has 15 aromatic rings. The maximum atomic E-state index is 13.6. The summed E-state index contributed by atoms with van der Waals surface area (Å²) in [4.78, 5) is 104. The van der Waals surface area contributed by atoms with E-state index in [9.17, 15) is 47.0 Å². The fourth-order valence-corrected chi connectivity index (χ4v) is 12.6. The van der Waals surface area contributed by atoms with E-state index in [2.05, 4.69) is 249 Å². The molecule has 16 rings (SSSR count). The van der Waals surface area contributed by atoms with Gasteiger partial charge in [0.25, 0.3) is 11.8 Å². The number of benzene rings is 4. The molecule has 0 bridgehead atoms. The normalized spacial score (nSPS) is 11.8. The number of rotatable bonds is 15. The maximum absolute atomic E-state index is 13.6. The summed E-state index contributed by atoms with van der Waals surface area (Å²) in [6.45, 7) is 23.0. The molecule has 1 aliphatic rings. The van der Waals surface area contributed by atoms with E-state index in [0.29, 0.717) is 114 Å². The van der Waals surface area contributed by atoms with Crippen molar-refractivity contribution in [1.82, 2.24) is 121 Å². The minimum absolute atomic E-state index is 0.0343. The zero-order valence-electron chi connectivity index (χ0n) is 79.0. The summed E-state index contributed by atoms with van der Waals surface area (Å²) in [7, 11) is -1.47. The highest BCUT2D eigenvalue weighted by Gasteiger charge is 2.51. The van der Waals surface area contributed by atoms with Gasteiger partial charge in [0.2, 0.25) is 16.9 Å². The second kappa shape index (κ2) is 58.8. The third-order valence-electron chi connectivity index (χ3n) is 18.0. The molecule has 58 heteroatoms. The number of nitrogen functional groups attached to an aromatic ring is 5. The minimum atomic E-state index is -1.02. The maximum Gasteiger partial charge on any atom is 0.494 e. The van der Waals surface area contributed by atoms with Crippen LogP contribution in [0.1, 0.15) is 163 Å². The molecule has 0 unspecified atom stereocenters. The number of nitrogens with one attached hydrogen (secondary N) is 7. The molecule has 1 aliphatic heterocycles. The summed E-state index contributed by atoms with van der Waals surface area (Å²) in [6.07, 6.45) is 11.7. The molecular formula is C86H91BBr6ClF5N38O7. The lowest BCUT2D eigenvalue weighted by Crippen LogP contribution is -2.41. The van der Waals surface area contributed by atoms with E-state index in [-0.39, 0.29) is 63.4 Å². The monoisotopic (exact) mass is 2380 g/mol. The number of carbonyl (C=O) groups excluding carboxylic acids is 2. The van der Waals surface area contributed by atoms with E-state index in [1.165, 1.54) is 36.9 Å². The Morgan fingerprint density at radius 1 is 0.542 bits per heavy atom. The third kappa shape index (κ3) is 36.8. The van der Waals surface area contributed by atoms with Crippen LogP contribution in [0.4, 0.5) is 62.7 Å². The summed E-state index contributed by atoms with van der Waals surface area (Å²) in [5.41, 5.74) is 34.2. The molecule has 0 spiro atoms. The molecule has 0 radical (unpaired) electrons. The van der Waals surface area contributed by atoms with Crippen LogP contribution in [0, 0.1) is 73.5 Å². The summed E-state index contributed by atoms with van der Waals surface area (Å²) in [6, 6.07) is 27.9. The summed E-state index contributed by atoms with van der Waals surface area (Å²) in [5.74, 6) is 4.85. The van der Waals surface area contributed by atoms with Crippen LogP contribution in [0.2, 0.25) is 5.15 Å². The number of nitrogens with zero attached hydrogens (tertiary/aromatic N) is 24. The smallest absolute Gasteiger partial charge is 0.399 e. The van der Waals surface area contributed by atoms with Crippen LogP contribution in [0.5, 0.6) is 0 Å². The van der Waals surface area contributed by atoms with Crippen molar-refractivity contribution < 1.29 is 52.2 Å². The van der Waals surface area contributed by atoms with Crippen molar-refractivity contribution in [2.45, 2.75) is 125 Å². The number of halogens is 12. The number of aliphatic hydroxyl groups is 1. The van der Waals surface area contributed by atoms with Crippen LogP contribution in [0.15, 0.2) is 167 Å². The van der Waals surface area contributed by atoms with Crippen molar-refractivity contribution >= 4 is 206 Å². The standard InChI is InChI=1S/C27H28BF2N5O3.C26H20F2N10O.C5HBrClN3.2C5H4BrN5.C5H3BrN4.C4H3Br2N3.C4H9NO2.C2H6O.C2H6.CH3F.H4N2/c1-16(18-8-11-21(29)22(30)12-18)34-25(36)23-24(33-15-20(13-31)35-23)32-14-17-6-9-19(10-7-17)28-37-26(2,3)27(4,5)38-28;1-13(16-6-7-18(27)19(28)8-16)34-26(39)22-24(32-11-17(9-29)35-22)31-10-14-2-4-15(5-3-14)20-12-33-25-21(36-20)23(30)37-38-25;6-4-2-9-5(7)3(1-8)10-4;2*6-2-1-8-5-3(9-2)4(7)10-11-5;6-4-2-9-5(8)3(1-7)10-4;5-2-1-8-4(7)3(6)9-2;1-4(2,3)7-5-6;1-2-3;3*1-2/h6-12,15-16H,14H2,1-5H3,(H,32,33)(H,34,36);2-8,11-13H,10H2,1H3,(H,31,32)(H,34,39)(H3,30,33,37,38);2H;2*1H,(H3,7,8,10,11);2H,(H2,8,9);1H,(H2,7,8);1-3H3;3H,2H2,1H3;1-2H3;1H3;1-2H2/t16-;13-;;;;;;;;;;/m00........../s1/i;;;;;;;;;;1D;. The lowest BCUT2D eigenvalue weighted by Gasteiger charge is -2.32. The van der Waals surface area contributed by atoms with Crippen molar-refractivity contribution in [3.8, 4) is 35.5 Å². The van der Waals surface area contributed by atoms with Crippen LogP contribution in [-0.4, -0.2) is 165 Å². The molecule has 11 aromatic heterocycles. The number of hydrazine groups is 1. The molecule has 2 atom stereocenters. The number of nitrogens with two attached hydrogens (primary N) is 7. The molecule has 0 aliphatic carbocycles. The Labute approximate surface area is 876 Å². The van der Waals surface area contributed by atoms with Gasteiger partial charge in [-0.05, 0) is 217 Å². The molecule has 2 amide bonds. The molecule has 1 fully saturated rings. The van der Waals surface area contributed by atoms with Gasteiger partial charge in [-0.1, -0.05) is 86.1 Å². The number of aliphatic hydroxyl groups excluding tert-OH is 1. The number of nitriles is 4. The van der Waals surface area contributed by atoms with E-state index in [4.69, 9.17) is 66.6 Å². The van der Waals surface area contributed by atoms with Gasteiger partial charge in [0, 0.05) is 25.3 Å². The van der Waals surface area contributed by atoms with E-state index in [1.54, 1.807) is 72.4 Å². The first-order valence-corrected chi connectivity index (χ1v) is 46.2. The largest absolute Gasteiger partial charge is 0.494 e. The van der Waals surface area contributed by atoms with Gasteiger partial charge < -0.3 is 69.2 Å². The number of aromatic amines is 3. The van der Waals surface area contributed by atoms with E-state index >= 15 is 0 Å². The van der Waals surface area contributed by atoms with Crippen molar-refractivity contribution in [3.05, 3.63) is 252 Å². The zero-order valence-corrected chi connectivity index (χ0v) is 88.2. The summed E-state index contributed by atoms with van der Waals surface area (Å²) >= 11 is 24.2. The van der Waals surface area contributed by atoms with Crippen LogP contribution < -0.4 is 67.1 Å². The second-order valence-electron chi connectivity index (χ2n) is 29.6. The number of hydrogen-bond acceptors (Lipinski definition) is 40. The number of anilines is 7. The van der Waals surface area contributed by atoms with Gasteiger partial charge in [0.1, 0.15) is 75.0 Å². The van der Waals surface area contributed by atoms with Crippen molar-refractivity contribution in [3.63, 3.8) is 0 Å². The van der Waals surface area contributed by atoms with Gasteiger partial charge in [0.05, 0.1) is 87.1 Å². The average Bonchev–Trinajstić information content (AvgIpc) is 1.53. The van der Waals surface area contributed by atoms with Crippen LogP contribution >= 0.6 is 107 Å². The van der Waals surface area contributed by atoms with Gasteiger partial charge in [-0.3, -0.25) is 41.0 Å². The van der Waals surface area contributed by atoms with E-state index < -0.39 is 78.2 Å². The van der Waals surface area contributed by atoms with Gasteiger partial charge >= 0.3 is 7.12 Å². The Morgan fingerprint density at radius 3 is 1.27 bits per heavy atom. The highest BCUT2D eigenvalue weighted by atomic mass is 79.9. The van der Waals surface area contributed by atoms with Crippen molar-refractivity contribution in [2.24, 2.45) is 17.0 Å². The van der Waals surface area contributed by atoms with Crippen molar-refractivity contribution in [2.75, 3.05) is 53.1 Å². The number of amides is 2. The fraction of sp³-hybridized carbons (Fsp3) is 0.244. The quantitative estimate of drug-likeness (QED) is 0.0149. The molecule has 45 nitrogen and oxygen atoms in total. The number of carbonyl (C=O) groups is 2. The number of hydrogen-bond donors (Lipinski definition) is 15. The molecule has 12 heterocycles. The average molecular weight is 2390 g/mol. The first-order chi connectivity index (χ1) is 68.8. The van der Waals surface area contributed by atoms with Gasteiger partial charge in [-0.15, -0.1) is 4.91 Å². The highest BCUT2D eigenvalue weighted by molar-refractivity contribution is 9.11. The molecule has 4 aromatic carbocycles. The topological polar surface area (TPSA) is 729 Å². The van der Waals surface area contributed by atoms with Gasteiger partial charge in [0.15, 0.2) is 108 Å².